The molecule has 144 valence electrons. The summed E-state index contributed by atoms with van der Waals surface area (Å²) in [5, 5.41) is 6.64. The third kappa shape index (κ3) is 12.3. The van der Waals surface area contributed by atoms with Gasteiger partial charge >= 0.3 is 0 Å². The highest BCUT2D eigenvalue weighted by Crippen LogP contribution is 2.23. The van der Waals surface area contributed by atoms with E-state index >= 15 is 0 Å². The fourth-order valence-electron chi connectivity index (χ4n) is 3.98. The zero-order chi connectivity index (χ0) is 17.6. The molecule has 0 bridgehead atoms. The van der Waals surface area contributed by atoms with Crippen LogP contribution in [-0.2, 0) is 0 Å². The number of rotatable bonds is 0. The van der Waals surface area contributed by atoms with Gasteiger partial charge in [0.15, 0.2) is 0 Å². The van der Waals surface area contributed by atoms with Crippen molar-refractivity contribution in [1.29, 1.82) is 0 Å². The van der Waals surface area contributed by atoms with Crippen molar-refractivity contribution in [3.05, 3.63) is 0 Å². The second-order valence-corrected chi connectivity index (χ2v) is 8.77. The van der Waals surface area contributed by atoms with E-state index in [1.54, 1.807) is 0 Å². The molecule has 2 heteroatoms. The van der Waals surface area contributed by atoms with Crippen LogP contribution in [0.4, 0.5) is 0 Å². The van der Waals surface area contributed by atoms with Crippen molar-refractivity contribution in [2.45, 2.75) is 117 Å². The van der Waals surface area contributed by atoms with Crippen LogP contribution in [0, 0.1) is 11.8 Å². The van der Waals surface area contributed by atoms with Crippen molar-refractivity contribution in [3.8, 4) is 0 Å². The molecule has 4 fully saturated rings. The molecule has 2 nitrogen and oxygen atoms in total. The van der Waals surface area contributed by atoms with Crippen molar-refractivity contribution in [3.63, 3.8) is 0 Å². The highest BCUT2D eigenvalue weighted by molar-refractivity contribution is 4.68. The highest BCUT2D eigenvalue weighted by Gasteiger charge is 2.08. The van der Waals surface area contributed by atoms with Crippen molar-refractivity contribution >= 4 is 0 Å². The van der Waals surface area contributed by atoms with Crippen molar-refractivity contribution < 1.29 is 0 Å². The van der Waals surface area contributed by atoms with Gasteiger partial charge in [-0.25, -0.2) is 0 Å². The molecule has 2 saturated carbocycles. The van der Waals surface area contributed by atoms with Crippen molar-refractivity contribution in [2.75, 3.05) is 13.1 Å². The Bertz CT molecular complexity index is 199. The van der Waals surface area contributed by atoms with Gasteiger partial charge in [-0.1, -0.05) is 65.2 Å². The van der Waals surface area contributed by atoms with Gasteiger partial charge in [0.2, 0.25) is 0 Å². The lowest BCUT2D eigenvalue weighted by molar-refractivity contribution is 0.612. The Morgan fingerprint density at radius 1 is 0.458 bits per heavy atom. The van der Waals surface area contributed by atoms with Crippen molar-refractivity contribution in [2.24, 2.45) is 11.8 Å². The van der Waals surface area contributed by atoms with Gasteiger partial charge in [0.05, 0.1) is 0 Å². The fourth-order valence-corrected chi connectivity index (χ4v) is 3.98. The Hall–Kier alpha value is -0.0800. The minimum atomic E-state index is 0.796. The molecular weight excluding hydrogens is 292 g/mol. The van der Waals surface area contributed by atoms with Gasteiger partial charge in [-0.2, -0.15) is 0 Å². The standard InChI is InChI=1S/2C6H12.2C5H11N/c2*1-6-4-2-3-5-6;2*1-5-3-2-4-6-5/h2*6H,2-5H2,1H3;2*5-6H,2-4H2,1H3/t;;2*5-/m..10/s1. The Labute approximate surface area is 152 Å². The Kier molecular flexibility index (Phi) is 12.9. The Balaban J connectivity index is 0.000000160. The topological polar surface area (TPSA) is 24.1 Å². The second-order valence-electron chi connectivity index (χ2n) is 8.77. The minimum Gasteiger partial charge on any atom is -0.314 e. The van der Waals surface area contributed by atoms with E-state index in [9.17, 15) is 0 Å². The molecule has 0 amide bonds. The molecule has 0 spiro atoms. The molecule has 2 atom stereocenters. The van der Waals surface area contributed by atoms with Gasteiger partial charge in [0.25, 0.3) is 0 Å². The molecule has 2 aliphatic heterocycles. The molecular formula is C22H46N2. The average molecular weight is 339 g/mol. The fraction of sp³-hybridized carbons (Fsp3) is 1.00. The summed E-state index contributed by atoms with van der Waals surface area (Å²) in [6, 6.07) is 1.59. The average Bonchev–Trinajstić information content (AvgIpc) is 3.31. The Morgan fingerprint density at radius 3 is 0.875 bits per heavy atom. The van der Waals surface area contributed by atoms with E-state index in [1.165, 1.54) is 90.1 Å². The lowest BCUT2D eigenvalue weighted by Gasteiger charge is -1.95. The summed E-state index contributed by atoms with van der Waals surface area (Å²) in [6.07, 6.45) is 17.4. The van der Waals surface area contributed by atoms with E-state index in [-0.39, 0.29) is 0 Å². The first-order valence-corrected chi connectivity index (χ1v) is 11.0. The van der Waals surface area contributed by atoms with Gasteiger partial charge in [-0.05, 0) is 64.5 Å². The maximum absolute atomic E-state index is 3.32. The summed E-state index contributed by atoms with van der Waals surface area (Å²) >= 11 is 0. The largest absolute Gasteiger partial charge is 0.314 e. The summed E-state index contributed by atoms with van der Waals surface area (Å²) in [5.74, 6) is 2.09. The first-order valence-electron chi connectivity index (χ1n) is 11.0. The van der Waals surface area contributed by atoms with Gasteiger partial charge in [0.1, 0.15) is 0 Å². The lowest BCUT2D eigenvalue weighted by atomic mass is 10.2. The van der Waals surface area contributed by atoms with E-state index in [0.29, 0.717) is 0 Å². The summed E-state index contributed by atoms with van der Waals surface area (Å²) in [5.41, 5.74) is 0. The maximum atomic E-state index is 3.32. The van der Waals surface area contributed by atoms with E-state index in [4.69, 9.17) is 0 Å². The minimum absolute atomic E-state index is 0.796. The first kappa shape index (κ1) is 22.0. The van der Waals surface area contributed by atoms with Crippen LogP contribution in [0.1, 0.15) is 105 Å². The van der Waals surface area contributed by atoms with E-state index in [2.05, 4.69) is 38.3 Å². The van der Waals surface area contributed by atoms with Crippen LogP contribution in [0.3, 0.4) is 0 Å². The third-order valence-electron chi connectivity index (χ3n) is 5.90. The van der Waals surface area contributed by atoms with Gasteiger partial charge in [-0.15, -0.1) is 0 Å². The van der Waals surface area contributed by atoms with E-state index in [0.717, 1.165) is 23.9 Å². The maximum Gasteiger partial charge on any atom is 0.00391 e. The SMILES string of the molecule is CC1CCCC1.CC1CCCC1.C[C@@H]1CCCN1.C[C@H]1CCCN1. The van der Waals surface area contributed by atoms with E-state index < -0.39 is 0 Å². The molecule has 24 heavy (non-hydrogen) atoms. The van der Waals surface area contributed by atoms with Crippen molar-refractivity contribution in [1.82, 2.24) is 10.6 Å². The van der Waals surface area contributed by atoms with Crippen LogP contribution in [0.25, 0.3) is 0 Å². The molecule has 2 N–H and O–H groups in total. The van der Waals surface area contributed by atoms with Gasteiger partial charge < -0.3 is 10.6 Å². The lowest BCUT2D eigenvalue weighted by Crippen LogP contribution is -2.16. The highest BCUT2D eigenvalue weighted by atomic mass is 14.9. The second kappa shape index (κ2) is 14.1. The third-order valence-corrected chi connectivity index (χ3v) is 5.90. The predicted molar refractivity (Wildman–Crippen MR) is 109 cm³/mol. The first-order chi connectivity index (χ1) is 11.6. The monoisotopic (exact) mass is 338 g/mol. The summed E-state index contributed by atoms with van der Waals surface area (Å²) in [6.45, 7) is 11.6. The number of hydrogen-bond acceptors (Lipinski definition) is 2. The zero-order valence-corrected chi connectivity index (χ0v) is 17.2. The molecule has 2 saturated heterocycles. The summed E-state index contributed by atoms with van der Waals surface area (Å²) < 4.78 is 0. The molecule has 0 aromatic heterocycles. The molecule has 0 unspecified atom stereocenters. The van der Waals surface area contributed by atoms with Crippen LogP contribution in [0.5, 0.6) is 0 Å². The predicted octanol–water partition coefficient (Wildman–Crippen LogP) is 5.91. The van der Waals surface area contributed by atoms with Gasteiger partial charge in [0, 0.05) is 12.1 Å². The normalized spacial score (nSPS) is 30.0. The van der Waals surface area contributed by atoms with Crippen LogP contribution in [0.2, 0.25) is 0 Å². The zero-order valence-electron chi connectivity index (χ0n) is 17.2. The van der Waals surface area contributed by atoms with E-state index in [1.807, 2.05) is 0 Å². The molecule has 4 rings (SSSR count). The molecule has 2 heterocycles. The molecule has 2 aliphatic carbocycles. The van der Waals surface area contributed by atoms with Crippen LogP contribution < -0.4 is 10.6 Å². The summed E-state index contributed by atoms with van der Waals surface area (Å²) in [7, 11) is 0. The van der Waals surface area contributed by atoms with Gasteiger partial charge in [-0.3, -0.25) is 0 Å². The molecule has 0 aromatic carbocycles. The molecule has 0 aromatic rings. The molecule has 4 aliphatic rings. The smallest absolute Gasteiger partial charge is 0.00391 e. The Morgan fingerprint density at radius 2 is 0.792 bits per heavy atom. The summed E-state index contributed by atoms with van der Waals surface area (Å²) in [4.78, 5) is 0. The van der Waals surface area contributed by atoms with Crippen LogP contribution in [0.15, 0.2) is 0 Å². The quantitative estimate of drug-likeness (QED) is 0.574. The number of hydrogen-bond donors (Lipinski definition) is 2. The molecule has 0 radical (unpaired) electrons. The van der Waals surface area contributed by atoms with Crippen LogP contribution in [-0.4, -0.2) is 25.2 Å². The number of nitrogens with one attached hydrogen (secondary N) is 2. The van der Waals surface area contributed by atoms with Crippen LogP contribution >= 0.6 is 0 Å².